The molecule has 11 heteroatoms. The Bertz CT molecular complexity index is 604. The molecule has 0 atom stereocenters. The molecule has 0 aliphatic heterocycles. The topological polar surface area (TPSA) is 159 Å². The molecular formula is C9H9N5O5S. The van der Waals surface area contributed by atoms with Crippen molar-refractivity contribution in [3.05, 3.63) is 44.0 Å². The number of nitro groups is 2. The van der Waals surface area contributed by atoms with Crippen molar-refractivity contribution in [3.8, 4) is 0 Å². The summed E-state index contributed by atoms with van der Waals surface area (Å²) in [7, 11) is 0. The third-order valence-corrected chi connectivity index (χ3v) is 2.52. The minimum absolute atomic E-state index is 0.152. The molecule has 1 aromatic rings. The van der Waals surface area contributed by atoms with E-state index < -0.39 is 38.7 Å². The second-order valence-electron chi connectivity index (χ2n) is 3.58. The zero-order valence-electron chi connectivity index (χ0n) is 9.88. The number of amides is 1. The number of carbonyl (C=O) groups is 1. The Morgan fingerprint density at radius 2 is 1.90 bits per heavy atom. The van der Waals surface area contributed by atoms with Gasteiger partial charge < -0.3 is 5.73 Å². The van der Waals surface area contributed by atoms with Crippen LogP contribution in [-0.4, -0.2) is 25.9 Å². The van der Waals surface area contributed by atoms with E-state index in [9.17, 15) is 25.0 Å². The molecule has 0 bridgehead atoms. The van der Waals surface area contributed by atoms with Crippen molar-refractivity contribution in [3.63, 3.8) is 0 Å². The molecule has 0 aromatic heterocycles. The average Bonchev–Trinajstić information content (AvgIpc) is 2.36. The standard InChI is InChI=1S/C9H9N5O5S/c10-9(20)12(11)7(15)4-5-2-1-3-6(13(16)17)8(5)14(18)19/h1-3H,4,11H2,(H2,10,20). The lowest BCUT2D eigenvalue weighted by Gasteiger charge is -2.13. The fourth-order valence-corrected chi connectivity index (χ4v) is 1.55. The van der Waals surface area contributed by atoms with Crippen LogP contribution >= 0.6 is 12.2 Å². The predicted octanol–water partition coefficient (Wildman–Crippen LogP) is -0.00860. The molecule has 0 aliphatic rings. The highest BCUT2D eigenvalue weighted by Crippen LogP contribution is 2.30. The van der Waals surface area contributed by atoms with E-state index in [0.29, 0.717) is 5.01 Å². The van der Waals surface area contributed by atoms with Crippen molar-refractivity contribution in [2.75, 3.05) is 0 Å². The molecule has 4 N–H and O–H groups in total. The van der Waals surface area contributed by atoms with Gasteiger partial charge in [0.05, 0.1) is 16.3 Å². The first kappa shape index (κ1) is 15.4. The molecule has 1 aromatic carbocycles. The number of carbonyl (C=O) groups excluding carboxylic acids is 1. The molecule has 0 aliphatic carbocycles. The van der Waals surface area contributed by atoms with Crippen molar-refractivity contribution in [1.29, 1.82) is 0 Å². The lowest BCUT2D eigenvalue weighted by Crippen LogP contribution is -2.46. The number of nitro benzene ring substituents is 2. The quantitative estimate of drug-likeness (QED) is 0.258. The minimum atomic E-state index is -0.928. The molecule has 10 nitrogen and oxygen atoms in total. The van der Waals surface area contributed by atoms with E-state index in [4.69, 9.17) is 11.6 Å². The van der Waals surface area contributed by atoms with Crippen LogP contribution in [0.1, 0.15) is 5.56 Å². The molecule has 1 rings (SSSR count). The summed E-state index contributed by atoms with van der Waals surface area (Å²) in [5, 5.41) is 21.7. The predicted molar refractivity (Wildman–Crippen MR) is 71.3 cm³/mol. The number of hydrogen-bond donors (Lipinski definition) is 2. The number of para-hydroxylation sites is 1. The van der Waals surface area contributed by atoms with Crippen molar-refractivity contribution < 1.29 is 14.6 Å². The van der Waals surface area contributed by atoms with Crippen LogP contribution in [0.3, 0.4) is 0 Å². The van der Waals surface area contributed by atoms with E-state index in [1.54, 1.807) is 0 Å². The molecule has 0 heterocycles. The van der Waals surface area contributed by atoms with Gasteiger partial charge in [0, 0.05) is 11.6 Å². The maximum atomic E-state index is 11.7. The van der Waals surface area contributed by atoms with Crippen LogP contribution in [0.5, 0.6) is 0 Å². The monoisotopic (exact) mass is 299 g/mol. The Morgan fingerprint density at radius 1 is 1.30 bits per heavy atom. The highest BCUT2D eigenvalue weighted by molar-refractivity contribution is 7.80. The van der Waals surface area contributed by atoms with Gasteiger partial charge in [-0.15, -0.1) is 0 Å². The van der Waals surface area contributed by atoms with Gasteiger partial charge in [-0.25, -0.2) is 10.9 Å². The molecule has 0 unspecified atom stereocenters. The van der Waals surface area contributed by atoms with Crippen LogP contribution in [0.15, 0.2) is 18.2 Å². The molecule has 0 fully saturated rings. The highest BCUT2D eigenvalue weighted by Gasteiger charge is 2.29. The second kappa shape index (κ2) is 5.99. The zero-order chi connectivity index (χ0) is 15.4. The molecule has 0 radical (unpaired) electrons. The van der Waals surface area contributed by atoms with Crippen LogP contribution < -0.4 is 11.6 Å². The molecule has 0 spiro atoms. The molecule has 0 saturated carbocycles. The third kappa shape index (κ3) is 3.21. The van der Waals surface area contributed by atoms with E-state index in [2.05, 4.69) is 12.2 Å². The minimum Gasteiger partial charge on any atom is -0.375 e. The van der Waals surface area contributed by atoms with E-state index in [1.165, 1.54) is 12.1 Å². The molecule has 106 valence electrons. The van der Waals surface area contributed by atoms with Gasteiger partial charge in [0.1, 0.15) is 0 Å². The van der Waals surface area contributed by atoms with Crippen LogP contribution in [0.2, 0.25) is 0 Å². The number of nitrogens with zero attached hydrogens (tertiary/aromatic N) is 3. The summed E-state index contributed by atoms with van der Waals surface area (Å²) in [5.74, 6) is 4.43. The summed E-state index contributed by atoms with van der Waals surface area (Å²) in [4.78, 5) is 31.5. The summed E-state index contributed by atoms with van der Waals surface area (Å²) in [6.07, 6.45) is -0.536. The number of nitrogens with two attached hydrogens (primary N) is 2. The van der Waals surface area contributed by atoms with Gasteiger partial charge in [-0.2, -0.15) is 0 Å². The lowest BCUT2D eigenvalue weighted by molar-refractivity contribution is -0.422. The van der Waals surface area contributed by atoms with Gasteiger partial charge >= 0.3 is 11.4 Å². The van der Waals surface area contributed by atoms with Gasteiger partial charge in [0.15, 0.2) is 5.11 Å². The summed E-state index contributed by atoms with van der Waals surface area (Å²) >= 11 is 4.48. The van der Waals surface area contributed by atoms with Crippen molar-refractivity contribution in [1.82, 2.24) is 5.01 Å². The number of hydrogen-bond acceptors (Lipinski definition) is 7. The molecular weight excluding hydrogens is 290 g/mol. The first-order valence-electron chi connectivity index (χ1n) is 5.03. The maximum Gasteiger partial charge on any atom is 0.349 e. The first-order chi connectivity index (χ1) is 9.25. The van der Waals surface area contributed by atoms with Crippen molar-refractivity contribution in [2.45, 2.75) is 6.42 Å². The fourth-order valence-electron chi connectivity index (χ4n) is 1.45. The largest absolute Gasteiger partial charge is 0.375 e. The van der Waals surface area contributed by atoms with E-state index in [0.717, 1.165) is 6.07 Å². The van der Waals surface area contributed by atoms with Crippen LogP contribution in [0, 0.1) is 20.2 Å². The molecule has 20 heavy (non-hydrogen) atoms. The molecule has 1 amide bonds. The number of thiocarbonyl (C=S) groups is 1. The number of benzene rings is 1. The van der Waals surface area contributed by atoms with Gasteiger partial charge in [0.25, 0.3) is 0 Å². The van der Waals surface area contributed by atoms with Crippen LogP contribution in [-0.2, 0) is 11.2 Å². The van der Waals surface area contributed by atoms with Crippen molar-refractivity contribution >= 4 is 34.6 Å². The first-order valence-corrected chi connectivity index (χ1v) is 5.44. The van der Waals surface area contributed by atoms with Crippen molar-refractivity contribution in [2.24, 2.45) is 11.6 Å². The Labute approximate surface area is 117 Å². The summed E-state index contributed by atoms with van der Waals surface area (Å²) < 4.78 is 0. The van der Waals surface area contributed by atoms with Gasteiger partial charge in [0.2, 0.25) is 5.91 Å². The normalized spacial score (nSPS) is 9.85. The Hall–Kier alpha value is -2.66. The van der Waals surface area contributed by atoms with E-state index >= 15 is 0 Å². The van der Waals surface area contributed by atoms with E-state index in [1.807, 2.05) is 0 Å². The lowest BCUT2D eigenvalue weighted by atomic mass is 10.1. The van der Waals surface area contributed by atoms with Gasteiger partial charge in [-0.05, 0) is 12.2 Å². The SMILES string of the molecule is NC(=S)N(N)C(=O)Cc1cccc([N+](=O)[O-])c1[N+](=O)[O-]. The Morgan fingerprint density at radius 3 is 2.35 bits per heavy atom. The smallest absolute Gasteiger partial charge is 0.349 e. The van der Waals surface area contributed by atoms with Crippen LogP contribution in [0.25, 0.3) is 0 Å². The fraction of sp³-hybridized carbons (Fsp3) is 0.111. The third-order valence-electron chi connectivity index (χ3n) is 2.33. The Balaban J connectivity index is 3.22. The van der Waals surface area contributed by atoms with Gasteiger partial charge in [-0.3, -0.25) is 25.0 Å². The Kier molecular flexibility index (Phi) is 4.61. The highest BCUT2D eigenvalue weighted by atomic mass is 32.1. The van der Waals surface area contributed by atoms with Crippen LogP contribution in [0.4, 0.5) is 11.4 Å². The maximum absolute atomic E-state index is 11.7. The average molecular weight is 299 g/mol. The zero-order valence-corrected chi connectivity index (χ0v) is 10.7. The summed E-state index contributed by atoms with van der Waals surface area (Å²) in [6.45, 7) is 0. The molecule has 0 saturated heterocycles. The summed E-state index contributed by atoms with van der Waals surface area (Å²) in [5.41, 5.74) is 3.51. The second-order valence-corrected chi connectivity index (χ2v) is 4.00. The summed E-state index contributed by atoms with van der Waals surface area (Å²) in [6, 6.07) is 3.42. The number of hydrazine groups is 1. The van der Waals surface area contributed by atoms with E-state index in [-0.39, 0.29) is 5.56 Å². The van der Waals surface area contributed by atoms with Gasteiger partial charge in [-0.1, -0.05) is 12.1 Å². The number of rotatable bonds is 4.